The van der Waals surface area contributed by atoms with E-state index in [1.54, 1.807) is 7.11 Å². The van der Waals surface area contributed by atoms with Crippen molar-refractivity contribution in [1.82, 2.24) is 10.2 Å². The number of amides is 1. The van der Waals surface area contributed by atoms with Crippen LogP contribution in [0.4, 0.5) is 0 Å². The number of nitrogens with two attached hydrogens (primary N) is 1. The molecule has 0 aromatic carbocycles. The van der Waals surface area contributed by atoms with Crippen molar-refractivity contribution in [1.29, 1.82) is 0 Å². The van der Waals surface area contributed by atoms with Gasteiger partial charge in [-0.05, 0) is 7.05 Å². The predicted molar refractivity (Wildman–Crippen MR) is 60.6 cm³/mol. The lowest BCUT2D eigenvalue weighted by atomic mass is 10.2. The van der Waals surface area contributed by atoms with Crippen LogP contribution >= 0.6 is 0 Å². The van der Waals surface area contributed by atoms with Crippen LogP contribution in [0.25, 0.3) is 0 Å². The van der Waals surface area contributed by atoms with Crippen molar-refractivity contribution in [2.45, 2.75) is 6.92 Å². The summed E-state index contributed by atoms with van der Waals surface area (Å²) in [7, 11) is 3.73. The van der Waals surface area contributed by atoms with Crippen molar-refractivity contribution in [2.24, 2.45) is 11.7 Å². The molecule has 5 heteroatoms. The molecule has 0 fully saturated rings. The van der Waals surface area contributed by atoms with Crippen LogP contribution in [0.15, 0.2) is 0 Å². The van der Waals surface area contributed by atoms with Gasteiger partial charge in [-0.1, -0.05) is 6.92 Å². The van der Waals surface area contributed by atoms with Crippen LogP contribution < -0.4 is 11.1 Å². The third-order valence-corrected chi connectivity index (χ3v) is 2.28. The summed E-state index contributed by atoms with van der Waals surface area (Å²) < 4.78 is 4.97. The van der Waals surface area contributed by atoms with E-state index in [1.807, 2.05) is 14.0 Å². The summed E-state index contributed by atoms with van der Waals surface area (Å²) in [6.07, 6.45) is 0. The van der Waals surface area contributed by atoms with Crippen molar-refractivity contribution in [3.8, 4) is 0 Å². The number of nitrogens with one attached hydrogen (secondary N) is 1. The maximum absolute atomic E-state index is 10.7. The molecular weight excluding hydrogens is 194 g/mol. The number of hydrogen-bond donors (Lipinski definition) is 2. The summed E-state index contributed by atoms with van der Waals surface area (Å²) in [6.45, 7) is 5.93. The van der Waals surface area contributed by atoms with Gasteiger partial charge >= 0.3 is 0 Å². The number of likely N-dealkylation sites (N-methyl/N-ethyl adjacent to an activating group) is 1. The number of carbonyl (C=O) groups excluding carboxylic acids is 1. The number of hydrogen-bond acceptors (Lipinski definition) is 4. The minimum Gasteiger partial charge on any atom is -0.383 e. The molecule has 0 aromatic heterocycles. The van der Waals surface area contributed by atoms with Gasteiger partial charge in [0.15, 0.2) is 0 Å². The second-order valence-electron chi connectivity index (χ2n) is 3.80. The van der Waals surface area contributed by atoms with E-state index in [1.165, 1.54) is 0 Å². The van der Waals surface area contributed by atoms with E-state index in [9.17, 15) is 4.79 Å². The molecule has 1 unspecified atom stereocenters. The van der Waals surface area contributed by atoms with E-state index in [2.05, 4.69) is 10.2 Å². The summed E-state index contributed by atoms with van der Waals surface area (Å²) in [6, 6.07) is 0. The topological polar surface area (TPSA) is 67.6 Å². The molecule has 0 saturated heterocycles. The van der Waals surface area contributed by atoms with Gasteiger partial charge in [-0.15, -0.1) is 0 Å². The first-order chi connectivity index (χ1) is 7.07. The van der Waals surface area contributed by atoms with Gasteiger partial charge in [-0.25, -0.2) is 0 Å². The fraction of sp³-hybridized carbons (Fsp3) is 0.900. The van der Waals surface area contributed by atoms with E-state index < -0.39 is 0 Å². The molecule has 0 saturated carbocycles. The Kier molecular flexibility index (Phi) is 8.27. The van der Waals surface area contributed by atoms with Crippen LogP contribution in [0.2, 0.25) is 0 Å². The Labute approximate surface area is 91.9 Å². The number of ether oxygens (including phenoxy) is 1. The second-order valence-corrected chi connectivity index (χ2v) is 3.80. The Morgan fingerprint density at radius 3 is 2.73 bits per heavy atom. The zero-order valence-electron chi connectivity index (χ0n) is 9.95. The first-order valence-electron chi connectivity index (χ1n) is 5.25. The molecule has 0 heterocycles. The molecule has 0 aliphatic carbocycles. The Morgan fingerprint density at radius 2 is 2.20 bits per heavy atom. The number of methoxy groups -OCH3 is 1. The number of primary amides is 1. The van der Waals surface area contributed by atoms with Crippen LogP contribution in [0.3, 0.4) is 0 Å². The van der Waals surface area contributed by atoms with Crippen molar-refractivity contribution in [2.75, 3.05) is 46.9 Å². The summed E-state index contributed by atoms with van der Waals surface area (Å²) in [5.41, 5.74) is 5.14. The van der Waals surface area contributed by atoms with Gasteiger partial charge in [0.25, 0.3) is 0 Å². The van der Waals surface area contributed by atoms with Crippen molar-refractivity contribution >= 4 is 5.91 Å². The fourth-order valence-corrected chi connectivity index (χ4v) is 1.05. The van der Waals surface area contributed by atoms with Crippen LogP contribution in [0, 0.1) is 5.92 Å². The van der Waals surface area contributed by atoms with Gasteiger partial charge < -0.3 is 20.7 Å². The molecule has 15 heavy (non-hydrogen) atoms. The Balaban J connectivity index is 3.33. The first-order valence-corrected chi connectivity index (χ1v) is 5.25. The zero-order valence-corrected chi connectivity index (χ0v) is 9.95. The predicted octanol–water partition coefficient (Wildman–Crippen LogP) is -0.724. The van der Waals surface area contributed by atoms with Crippen molar-refractivity contribution < 1.29 is 9.53 Å². The normalized spacial score (nSPS) is 13.1. The zero-order chi connectivity index (χ0) is 11.7. The summed E-state index contributed by atoms with van der Waals surface area (Å²) in [5.74, 6) is -0.357. The largest absolute Gasteiger partial charge is 0.383 e. The third kappa shape index (κ3) is 8.35. The second kappa shape index (κ2) is 8.64. The molecule has 0 bridgehead atoms. The van der Waals surface area contributed by atoms with Gasteiger partial charge in [0.1, 0.15) is 0 Å². The Bertz CT molecular complexity index is 176. The molecule has 0 aromatic rings. The molecule has 0 aliphatic heterocycles. The highest BCUT2D eigenvalue weighted by Crippen LogP contribution is 1.89. The molecule has 90 valence electrons. The average Bonchev–Trinajstić information content (AvgIpc) is 2.20. The quantitative estimate of drug-likeness (QED) is 0.500. The molecule has 0 rings (SSSR count). The van der Waals surface area contributed by atoms with Crippen LogP contribution in [-0.2, 0) is 9.53 Å². The molecule has 0 aliphatic rings. The van der Waals surface area contributed by atoms with Crippen LogP contribution in [-0.4, -0.2) is 57.8 Å². The van der Waals surface area contributed by atoms with Gasteiger partial charge in [0, 0.05) is 39.2 Å². The van der Waals surface area contributed by atoms with Gasteiger partial charge in [0.2, 0.25) is 5.91 Å². The molecular formula is C10H23N3O2. The SMILES string of the molecule is COCCN(C)CCNCC(C)C(N)=O. The van der Waals surface area contributed by atoms with Crippen LogP contribution in [0.5, 0.6) is 0 Å². The van der Waals surface area contributed by atoms with Crippen molar-refractivity contribution in [3.63, 3.8) is 0 Å². The maximum atomic E-state index is 10.7. The monoisotopic (exact) mass is 217 g/mol. The summed E-state index contributed by atoms with van der Waals surface area (Å²) in [4.78, 5) is 12.9. The van der Waals surface area contributed by atoms with E-state index >= 15 is 0 Å². The van der Waals surface area contributed by atoms with Gasteiger partial charge in [-0.2, -0.15) is 0 Å². The maximum Gasteiger partial charge on any atom is 0.221 e. The minimum absolute atomic E-state index is 0.103. The molecule has 0 spiro atoms. The van der Waals surface area contributed by atoms with E-state index in [4.69, 9.17) is 10.5 Å². The van der Waals surface area contributed by atoms with Crippen LogP contribution in [0.1, 0.15) is 6.92 Å². The van der Waals surface area contributed by atoms with E-state index in [0.29, 0.717) is 6.54 Å². The summed E-state index contributed by atoms with van der Waals surface area (Å²) >= 11 is 0. The summed E-state index contributed by atoms with van der Waals surface area (Å²) in [5, 5.41) is 3.19. The highest BCUT2D eigenvalue weighted by molar-refractivity contribution is 5.76. The first kappa shape index (κ1) is 14.3. The molecule has 1 atom stereocenters. The lowest BCUT2D eigenvalue weighted by molar-refractivity contribution is -0.121. The highest BCUT2D eigenvalue weighted by atomic mass is 16.5. The Morgan fingerprint density at radius 1 is 1.53 bits per heavy atom. The molecule has 3 N–H and O–H groups in total. The lowest BCUT2D eigenvalue weighted by Gasteiger charge is -2.16. The van der Waals surface area contributed by atoms with Crippen molar-refractivity contribution in [3.05, 3.63) is 0 Å². The minimum atomic E-state index is -0.254. The molecule has 1 amide bonds. The number of rotatable bonds is 9. The smallest absolute Gasteiger partial charge is 0.221 e. The van der Waals surface area contributed by atoms with Gasteiger partial charge in [-0.3, -0.25) is 4.79 Å². The number of carbonyl (C=O) groups is 1. The molecule has 0 radical (unpaired) electrons. The highest BCUT2D eigenvalue weighted by Gasteiger charge is 2.07. The van der Waals surface area contributed by atoms with Gasteiger partial charge in [0.05, 0.1) is 6.61 Å². The fourth-order valence-electron chi connectivity index (χ4n) is 1.05. The van der Waals surface area contributed by atoms with E-state index in [-0.39, 0.29) is 11.8 Å². The van der Waals surface area contributed by atoms with E-state index in [0.717, 1.165) is 26.2 Å². The average molecular weight is 217 g/mol. The third-order valence-electron chi connectivity index (χ3n) is 2.28. The Hall–Kier alpha value is -0.650. The number of nitrogens with zero attached hydrogens (tertiary/aromatic N) is 1. The molecule has 5 nitrogen and oxygen atoms in total. The lowest BCUT2D eigenvalue weighted by Crippen LogP contribution is -2.36. The standard InChI is InChI=1S/C10H23N3O2/c1-9(10(11)14)8-12-4-5-13(2)6-7-15-3/h9,12H,4-8H2,1-3H3,(H2,11,14).